The van der Waals surface area contributed by atoms with Gasteiger partial charge in [0.05, 0.1) is 6.54 Å². The van der Waals surface area contributed by atoms with Crippen LogP contribution >= 0.6 is 23.2 Å². The molecule has 142 valence electrons. The lowest BCUT2D eigenvalue weighted by atomic mass is 9.91. The fourth-order valence-electron chi connectivity index (χ4n) is 2.43. The van der Waals surface area contributed by atoms with Crippen LogP contribution in [-0.2, 0) is 18.3 Å². The van der Waals surface area contributed by atoms with Crippen LogP contribution in [0.2, 0.25) is 10.0 Å². The zero-order chi connectivity index (χ0) is 19.8. The largest absolute Gasteiger partial charge is 0.361 e. The zero-order valence-corrected chi connectivity index (χ0v) is 17.1. The molecule has 0 unspecified atom stereocenters. The zero-order valence-electron chi connectivity index (χ0n) is 15.5. The molecule has 2 aromatic heterocycles. The van der Waals surface area contributed by atoms with Crippen LogP contribution in [0.3, 0.4) is 0 Å². The molecule has 0 fully saturated rings. The van der Waals surface area contributed by atoms with Gasteiger partial charge in [0.25, 0.3) is 0 Å². The Morgan fingerprint density at radius 1 is 1.22 bits per heavy atom. The van der Waals surface area contributed by atoms with Crippen LogP contribution in [0, 0.1) is 5.41 Å². The highest BCUT2D eigenvalue weighted by Crippen LogP contribution is 2.24. The third kappa shape index (κ3) is 4.36. The van der Waals surface area contributed by atoms with Crippen LogP contribution in [0.4, 0.5) is 5.82 Å². The van der Waals surface area contributed by atoms with Crippen molar-refractivity contribution in [3.8, 4) is 0 Å². The molecule has 0 amide bonds. The molecule has 27 heavy (non-hydrogen) atoms. The molecule has 9 heteroatoms. The van der Waals surface area contributed by atoms with Crippen LogP contribution in [0.5, 0.6) is 0 Å². The van der Waals surface area contributed by atoms with Gasteiger partial charge in [-0.1, -0.05) is 55.3 Å². The standard InChI is InChI=1S/C18H20Cl2N6O/c1-18(2,3)13(27)9-21-16-15-17(26(4)25-24-15)23-14(22-16)7-10-5-6-11(19)8-12(10)20/h5-6,8H,7,9H2,1-4H3,(H,21,22,23). The summed E-state index contributed by atoms with van der Waals surface area (Å²) in [6.45, 7) is 5.78. The molecule has 3 rings (SSSR count). The van der Waals surface area contributed by atoms with Crippen molar-refractivity contribution in [1.29, 1.82) is 0 Å². The molecule has 0 atom stereocenters. The molecule has 3 aromatic rings. The Morgan fingerprint density at radius 2 is 1.96 bits per heavy atom. The number of nitrogens with zero attached hydrogens (tertiary/aromatic N) is 5. The fourth-order valence-corrected chi connectivity index (χ4v) is 2.90. The number of aryl methyl sites for hydroxylation is 1. The molecule has 1 aromatic carbocycles. The number of carbonyl (C=O) groups is 1. The van der Waals surface area contributed by atoms with E-state index >= 15 is 0 Å². The number of rotatable bonds is 5. The molecule has 7 nitrogen and oxygen atoms in total. The summed E-state index contributed by atoms with van der Waals surface area (Å²) in [5, 5.41) is 12.3. The van der Waals surface area contributed by atoms with Crippen molar-refractivity contribution in [3.05, 3.63) is 39.6 Å². The van der Waals surface area contributed by atoms with E-state index in [-0.39, 0.29) is 12.3 Å². The number of aromatic nitrogens is 5. The minimum absolute atomic E-state index is 0.0699. The Balaban J connectivity index is 1.94. The summed E-state index contributed by atoms with van der Waals surface area (Å²) in [5.41, 5.74) is 1.51. The Hall–Kier alpha value is -2.25. The average molecular weight is 407 g/mol. The number of nitrogens with one attached hydrogen (secondary N) is 1. The van der Waals surface area contributed by atoms with E-state index in [4.69, 9.17) is 23.2 Å². The number of benzene rings is 1. The molecule has 0 spiro atoms. The number of fused-ring (bicyclic) bond motifs is 1. The SMILES string of the molecule is Cn1nnc2c(NCC(=O)C(C)(C)C)nc(Cc3ccc(Cl)cc3Cl)nc21. The van der Waals surface area contributed by atoms with Gasteiger partial charge in [0, 0.05) is 28.9 Å². The molecule has 1 N–H and O–H groups in total. The summed E-state index contributed by atoms with van der Waals surface area (Å²) in [7, 11) is 1.76. The molecule has 0 aliphatic heterocycles. The first-order valence-corrected chi connectivity index (χ1v) is 9.18. The van der Waals surface area contributed by atoms with Crippen molar-refractivity contribution < 1.29 is 4.79 Å². The second kappa shape index (κ2) is 7.40. The van der Waals surface area contributed by atoms with Crippen molar-refractivity contribution >= 4 is 46.0 Å². The van der Waals surface area contributed by atoms with Crippen LogP contribution in [0.1, 0.15) is 32.2 Å². The van der Waals surface area contributed by atoms with E-state index in [0.29, 0.717) is 39.3 Å². The first kappa shape index (κ1) is 19.5. The second-order valence-corrected chi connectivity index (χ2v) is 8.16. The Labute approximate surface area is 167 Å². The van der Waals surface area contributed by atoms with E-state index < -0.39 is 5.41 Å². The first-order chi connectivity index (χ1) is 12.6. The summed E-state index contributed by atoms with van der Waals surface area (Å²) in [6, 6.07) is 5.30. The predicted molar refractivity (Wildman–Crippen MR) is 106 cm³/mol. The highest BCUT2D eigenvalue weighted by atomic mass is 35.5. The van der Waals surface area contributed by atoms with E-state index in [2.05, 4.69) is 25.6 Å². The first-order valence-electron chi connectivity index (χ1n) is 8.42. The van der Waals surface area contributed by atoms with E-state index in [1.807, 2.05) is 26.8 Å². The highest BCUT2D eigenvalue weighted by Gasteiger charge is 2.22. The van der Waals surface area contributed by atoms with Crippen molar-refractivity contribution in [2.24, 2.45) is 12.5 Å². The summed E-state index contributed by atoms with van der Waals surface area (Å²) >= 11 is 12.2. The van der Waals surface area contributed by atoms with Gasteiger partial charge < -0.3 is 5.32 Å². The third-order valence-electron chi connectivity index (χ3n) is 4.11. The monoisotopic (exact) mass is 406 g/mol. The molecule has 0 radical (unpaired) electrons. The number of hydrogen-bond acceptors (Lipinski definition) is 6. The van der Waals surface area contributed by atoms with Crippen LogP contribution in [0.25, 0.3) is 11.2 Å². The lowest BCUT2D eigenvalue weighted by Crippen LogP contribution is -2.27. The van der Waals surface area contributed by atoms with Gasteiger partial charge in [0.2, 0.25) is 0 Å². The molecule has 0 saturated heterocycles. The van der Waals surface area contributed by atoms with Crippen LogP contribution in [0.15, 0.2) is 18.2 Å². The molecular formula is C18H20Cl2N6O. The lowest BCUT2D eigenvalue weighted by Gasteiger charge is -2.17. The van der Waals surface area contributed by atoms with Gasteiger partial charge >= 0.3 is 0 Å². The maximum absolute atomic E-state index is 12.3. The number of Topliss-reactive ketones (excluding diaryl/α,β-unsaturated/α-hetero) is 1. The Morgan fingerprint density at radius 3 is 2.63 bits per heavy atom. The maximum Gasteiger partial charge on any atom is 0.183 e. The van der Waals surface area contributed by atoms with Gasteiger partial charge in [-0.15, -0.1) is 5.10 Å². The topological polar surface area (TPSA) is 85.6 Å². The third-order valence-corrected chi connectivity index (χ3v) is 4.70. The van der Waals surface area contributed by atoms with E-state index in [1.165, 1.54) is 0 Å². The van der Waals surface area contributed by atoms with Gasteiger partial charge in [-0.05, 0) is 17.7 Å². The molecule has 0 bridgehead atoms. The normalized spacial score (nSPS) is 11.8. The van der Waals surface area contributed by atoms with Gasteiger partial charge in [-0.2, -0.15) is 0 Å². The van der Waals surface area contributed by atoms with Gasteiger partial charge in [0.15, 0.2) is 22.8 Å². The Bertz CT molecular complexity index is 1010. The number of ketones is 1. The fraction of sp³-hybridized carbons (Fsp3) is 0.389. The number of hydrogen-bond donors (Lipinski definition) is 1. The van der Waals surface area contributed by atoms with E-state index in [9.17, 15) is 4.79 Å². The summed E-state index contributed by atoms with van der Waals surface area (Å²) in [6.07, 6.45) is 0.416. The number of anilines is 1. The molecule has 0 saturated carbocycles. The lowest BCUT2D eigenvalue weighted by molar-refractivity contribution is -0.124. The molecule has 0 aliphatic rings. The van der Waals surface area contributed by atoms with Gasteiger partial charge in [0.1, 0.15) is 5.82 Å². The Kier molecular flexibility index (Phi) is 5.35. The smallest absolute Gasteiger partial charge is 0.183 e. The highest BCUT2D eigenvalue weighted by molar-refractivity contribution is 6.35. The second-order valence-electron chi connectivity index (χ2n) is 7.31. The van der Waals surface area contributed by atoms with Crippen molar-refractivity contribution in [3.63, 3.8) is 0 Å². The number of halogens is 2. The maximum atomic E-state index is 12.3. The predicted octanol–water partition coefficient (Wildman–Crippen LogP) is 3.68. The quantitative estimate of drug-likeness (QED) is 0.695. The summed E-state index contributed by atoms with van der Waals surface area (Å²) < 4.78 is 1.57. The average Bonchev–Trinajstić information content (AvgIpc) is 2.95. The van der Waals surface area contributed by atoms with Crippen molar-refractivity contribution in [1.82, 2.24) is 25.0 Å². The van der Waals surface area contributed by atoms with Gasteiger partial charge in [-0.25, -0.2) is 14.6 Å². The van der Waals surface area contributed by atoms with E-state index in [0.717, 1.165) is 5.56 Å². The summed E-state index contributed by atoms with van der Waals surface area (Å²) in [5.74, 6) is 1.09. The van der Waals surface area contributed by atoms with Gasteiger partial charge in [-0.3, -0.25) is 4.79 Å². The minimum Gasteiger partial charge on any atom is -0.361 e. The molecular weight excluding hydrogens is 387 g/mol. The molecule has 2 heterocycles. The minimum atomic E-state index is -0.443. The van der Waals surface area contributed by atoms with Crippen LogP contribution < -0.4 is 5.32 Å². The van der Waals surface area contributed by atoms with E-state index in [1.54, 1.807) is 23.9 Å². The van der Waals surface area contributed by atoms with Crippen LogP contribution in [-0.4, -0.2) is 37.3 Å². The molecule has 0 aliphatic carbocycles. The number of carbonyl (C=O) groups excluding carboxylic acids is 1. The van der Waals surface area contributed by atoms with Crippen molar-refractivity contribution in [2.45, 2.75) is 27.2 Å². The summed E-state index contributed by atoms with van der Waals surface area (Å²) in [4.78, 5) is 21.3. The van der Waals surface area contributed by atoms with Crippen molar-refractivity contribution in [2.75, 3.05) is 11.9 Å².